The number of rotatable bonds is 2. The van der Waals surface area contributed by atoms with Gasteiger partial charge in [0.05, 0.1) is 15.9 Å². The standard InChI is InChI=1S/C16H23BrN2/c17-14-15(12-7-3-1-4-8-12)18-11-19-16(14)13-9-5-2-6-10-13/h11-13H,1-10H2. The minimum Gasteiger partial charge on any atom is -0.240 e. The first-order valence-corrected chi connectivity index (χ1v) is 8.66. The van der Waals surface area contributed by atoms with Gasteiger partial charge in [0, 0.05) is 11.8 Å². The van der Waals surface area contributed by atoms with Crippen molar-refractivity contribution < 1.29 is 0 Å². The molecule has 19 heavy (non-hydrogen) atoms. The Balaban J connectivity index is 1.84. The van der Waals surface area contributed by atoms with E-state index < -0.39 is 0 Å². The highest BCUT2D eigenvalue weighted by molar-refractivity contribution is 9.10. The minimum absolute atomic E-state index is 0.661. The van der Waals surface area contributed by atoms with Crippen LogP contribution in [0.3, 0.4) is 0 Å². The van der Waals surface area contributed by atoms with Gasteiger partial charge in [0.15, 0.2) is 0 Å². The molecule has 0 spiro atoms. The Morgan fingerprint density at radius 2 is 1.16 bits per heavy atom. The van der Waals surface area contributed by atoms with Crippen molar-refractivity contribution in [3.05, 3.63) is 22.2 Å². The fourth-order valence-corrected chi connectivity index (χ4v) is 4.57. The zero-order valence-electron chi connectivity index (χ0n) is 11.6. The molecule has 0 aliphatic heterocycles. The van der Waals surface area contributed by atoms with Crippen LogP contribution in [0.25, 0.3) is 0 Å². The molecule has 0 aromatic carbocycles. The first-order valence-electron chi connectivity index (χ1n) is 7.86. The maximum absolute atomic E-state index is 4.60. The molecule has 2 aliphatic carbocycles. The first-order chi connectivity index (χ1) is 9.36. The molecular formula is C16H23BrN2. The van der Waals surface area contributed by atoms with E-state index in [2.05, 4.69) is 25.9 Å². The van der Waals surface area contributed by atoms with Crippen LogP contribution in [0.4, 0.5) is 0 Å². The normalized spacial score (nSPS) is 22.6. The number of aromatic nitrogens is 2. The van der Waals surface area contributed by atoms with Crippen molar-refractivity contribution in [2.75, 3.05) is 0 Å². The Morgan fingerprint density at radius 3 is 1.58 bits per heavy atom. The van der Waals surface area contributed by atoms with Crippen LogP contribution < -0.4 is 0 Å². The second kappa shape index (κ2) is 6.34. The second-order valence-corrected chi connectivity index (χ2v) is 6.92. The molecule has 1 heterocycles. The van der Waals surface area contributed by atoms with Crippen molar-refractivity contribution >= 4 is 15.9 Å². The smallest absolute Gasteiger partial charge is 0.116 e. The fraction of sp³-hybridized carbons (Fsp3) is 0.750. The Labute approximate surface area is 124 Å². The predicted molar refractivity (Wildman–Crippen MR) is 81.4 cm³/mol. The maximum Gasteiger partial charge on any atom is 0.116 e. The van der Waals surface area contributed by atoms with Gasteiger partial charge in [-0.25, -0.2) is 9.97 Å². The van der Waals surface area contributed by atoms with Crippen molar-refractivity contribution in [3.63, 3.8) is 0 Å². The summed E-state index contributed by atoms with van der Waals surface area (Å²) >= 11 is 3.83. The molecule has 3 rings (SSSR count). The maximum atomic E-state index is 4.60. The zero-order valence-corrected chi connectivity index (χ0v) is 13.2. The van der Waals surface area contributed by atoms with Gasteiger partial charge in [-0.1, -0.05) is 38.5 Å². The fourth-order valence-electron chi connectivity index (χ4n) is 3.72. The van der Waals surface area contributed by atoms with Crippen molar-refractivity contribution in [2.24, 2.45) is 0 Å². The SMILES string of the molecule is Brc1c(C2CCCCC2)ncnc1C1CCCCC1. The minimum atomic E-state index is 0.661. The van der Waals surface area contributed by atoms with Crippen molar-refractivity contribution in [2.45, 2.75) is 76.0 Å². The average molecular weight is 323 g/mol. The van der Waals surface area contributed by atoms with E-state index >= 15 is 0 Å². The molecule has 2 nitrogen and oxygen atoms in total. The van der Waals surface area contributed by atoms with Crippen molar-refractivity contribution in [1.29, 1.82) is 0 Å². The third-order valence-electron chi connectivity index (χ3n) is 4.83. The molecule has 0 radical (unpaired) electrons. The van der Waals surface area contributed by atoms with E-state index in [1.165, 1.54) is 80.1 Å². The number of nitrogens with zero attached hydrogens (tertiary/aromatic N) is 2. The van der Waals surface area contributed by atoms with Crippen LogP contribution in [0.15, 0.2) is 10.8 Å². The van der Waals surface area contributed by atoms with E-state index in [1.807, 2.05) is 0 Å². The van der Waals surface area contributed by atoms with Crippen LogP contribution in [-0.4, -0.2) is 9.97 Å². The summed E-state index contributed by atoms with van der Waals surface area (Å²) < 4.78 is 1.23. The monoisotopic (exact) mass is 322 g/mol. The van der Waals surface area contributed by atoms with Crippen LogP contribution >= 0.6 is 15.9 Å². The molecule has 2 saturated carbocycles. The van der Waals surface area contributed by atoms with Gasteiger partial charge in [-0.2, -0.15) is 0 Å². The quantitative estimate of drug-likeness (QED) is 0.734. The summed E-state index contributed by atoms with van der Waals surface area (Å²) in [7, 11) is 0. The highest BCUT2D eigenvalue weighted by Crippen LogP contribution is 2.40. The Hall–Kier alpha value is -0.440. The zero-order chi connectivity index (χ0) is 13.1. The molecular weight excluding hydrogens is 300 g/mol. The van der Waals surface area contributed by atoms with Crippen LogP contribution in [0.2, 0.25) is 0 Å². The first kappa shape index (κ1) is 13.5. The van der Waals surface area contributed by atoms with Crippen molar-refractivity contribution in [3.8, 4) is 0 Å². The summed E-state index contributed by atoms with van der Waals surface area (Å²) in [4.78, 5) is 9.20. The lowest BCUT2D eigenvalue weighted by atomic mass is 9.84. The third kappa shape index (κ3) is 3.01. The summed E-state index contributed by atoms with van der Waals surface area (Å²) in [5, 5.41) is 0. The lowest BCUT2D eigenvalue weighted by molar-refractivity contribution is 0.422. The van der Waals surface area contributed by atoms with Gasteiger partial charge in [-0.3, -0.25) is 0 Å². The van der Waals surface area contributed by atoms with Gasteiger partial charge in [0.25, 0.3) is 0 Å². The number of hydrogen-bond donors (Lipinski definition) is 0. The van der Waals surface area contributed by atoms with E-state index in [0.29, 0.717) is 11.8 Å². The summed E-state index contributed by atoms with van der Waals surface area (Å²) in [6.45, 7) is 0. The second-order valence-electron chi connectivity index (χ2n) is 6.13. The largest absolute Gasteiger partial charge is 0.240 e. The highest BCUT2D eigenvalue weighted by Gasteiger charge is 2.25. The molecule has 0 saturated heterocycles. The predicted octanol–water partition coefficient (Wildman–Crippen LogP) is 5.33. The molecule has 1 aromatic heterocycles. The van der Waals surface area contributed by atoms with Crippen LogP contribution in [0.5, 0.6) is 0 Å². The molecule has 0 amide bonds. The average Bonchev–Trinajstić information content (AvgIpc) is 2.49. The summed E-state index contributed by atoms with van der Waals surface area (Å²) in [5.41, 5.74) is 2.57. The van der Waals surface area contributed by atoms with E-state index in [1.54, 1.807) is 6.33 Å². The van der Waals surface area contributed by atoms with E-state index in [-0.39, 0.29) is 0 Å². The molecule has 0 N–H and O–H groups in total. The topological polar surface area (TPSA) is 25.8 Å². The molecule has 0 unspecified atom stereocenters. The van der Waals surface area contributed by atoms with E-state index in [4.69, 9.17) is 0 Å². The van der Waals surface area contributed by atoms with E-state index in [0.717, 1.165) is 0 Å². The summed E-state index contributed by atoms with van der Waals surface area (Å²) in [6, 6.07) is 0. The highest BCUT2D eigenvalue weighted by atomic mass is 79.9. The van der Waals surface area contributed by atoms with Crippen LogP contribution in [0, 0.1) is 0 Å². The van der Waals surface area contributed by atoms with Crippen molar-refractivity contribution in [1.82, 2.24) is 9.97 Å². The molecule has 2 aliphatic rings. The Bertz CT molecular complexity index is 385. The lowest BCUT2D eigenvalue weighted by Gasteiger charge is -2.26. The van der Waals surface area contributed by atoms with E-state index in [9.17, 15) is 0 Å². The van der Waals surface area contributed by atoms with Crippen LogP contribution in [0.1, 0.15) is 87.4 Å². The molecule has 2 fully saturated rings. The summed E-state index contributed by atoms with van der Waals surface area (Å²) in [5.74, 6) is 1.32. The third-order valence-corrected chi connectivity index (χ3v) is 5.64. The molecule has 0 atom stereocenters. The summed E-state index contributed by atoms with van der Waals surface area (Å²) in [6.07, 6.45) is 15.3. The number of halogens is 1. The van der Waals surface area contributed by atoms with Crippen LogP contribution in [-0.2, 0) is 0 Å². The Morgan fingerprint density at radius 1 is 0.737 bits per heavy atom. The Kier molecular flexibility index (Phi) is 4.52. The molecule has 0 bridgehead atoms. The lowest BCUT2D eigenvalue weighted by Crippen LogP contribution is -2.13. The van der Waals surface area contributed by atoms with Gasteiger partial charge in [0.1, 0.15) is 6.33 Å². The molecule has 1 aromatic rings. The number of hydrogen-bond acceptors (Lipinski definition) is 2. The van der Waals surface area contributed by atoms with Gasteiger partial charge in [0.2, 0.25) is 0 Å². The molecule has 104 valence electrons. The molecule has 3 heteroatoms. The van der Waals surface area contributed by atoms with Gasteiger partial charge < -0.3 is 0 Å². The van der Waals surface area contributed by atoms with Gasteiger partial charge in [-0.15, -0.1) is 0 Å². The van der Waals surface area contributed by atoms with Gasteiger partial charge >= 0.3 is 0 Å². The van der Waals surface area contributed by atoms with Gasteiger partial charge in [-0.05, 0) is 41.6 Å².